The second-order valence-electron chi connectivity index (χ2n) is 5.90. The van der Waals surface area contributed by atoms with Crippen LogP contribution in [0.2, 0.25) is 0 Å². The average Bonchev–Trinajstić information content (AvgIpc) is 2.87. The molecule has 2 N–H and O–H groups in total. The van der Waals surface area contributed by atoms with Crippen molar-refractivity contribution >= 4 is 16.7 Å². The summed E-state index contributed by atoms with van der Waals surface area (Å²) in [6, 6.07) is 14.5. The molecule has 0 aliphatic rings. The third-order valence-corrected chi connectivity index (χ3v) is 4.13. The number of para-hydroxylation sites is 1. The number of nitrogens with two attached hydrogens (primary N) is 1. The molecule has 0 fully saturated rings. The topological polar surface area (TPSA) is 43.8 Å². The molecule has 2 aromatic carbocycles. The van der Waals surface area contributed by atoms with Gasteiger partial charge in [0.1, 0.15) is 5.82 Å². The number of aromatic nitrogens is 2. The van der Waals surface area contributed by atoms with Crippen LogP contribution >= 0.6 is 0 Å². The van der Waals surface area contributed by atoms with Gasteiger partial charge in [0.25, 0.3) is 0 Å². The average molecular weight is 293 g/mol. The highest BCUT2D eigenvalue weighted by Crippen LogP contribution is 2.22. The van der Waals surface area contributed by atoms with E-state index in [9.17, 15) is 0 Å². The van der Waals surface area contributed by atoms with Crippen LogP contribution in [0.5, 0.6) is 0 Å². The molecule has 0 aliphatic carbocycles. The van der Waals surface area contributed by atoms with Crippen molar-refractivity contribution in [2.45, 2.75) is 39.7 Å². The Bertz CT molecular complexity index is 769. The van der Waals surface area contributed by atoms with Crippen LogP contribution in [0.4, 0.5) is 5.69 Å². The van der Waals surface area contributed by atoms with E-state index in [1.54, 1.807) is 0 Å². The fourth-order valence-corrected chi connectivity index (χ4v) is 2.84. The Labute approximate surface area is 131 Å². The van der Waals surface area contributed by atoms with Gasteiger partial charge in [-0.1, -0.05) is 37.6 Å². The van der Waals surface area contributed by atoms with Crippen molar-refractivity contribution in [3.05, 3.63) is 59.4 Å². The summed E-state index contributed by atoms with van der Waals surface area (Å²) in [6.07, 6.45) is 3.38. The van der Waals surface area contributed by atoms with Crippen LogP contribution in [-0.4, -0.2) is 9.55 Å². The number of hydrogen-bond acceptors (Lipinski definition) is 2. The number of nitrogen functional groups attached to an aromatic ring is 1. The zero-order valence-electron chi connectivity index (χ0n) is 13.3. The molecule has 0 saturated heterocycles. The van der Waals surface area contributed by atoms with Crippen LogP contribution < -0.4 is 5.73 Å². The molecule has 3 heteroatoms. The van der Waals surface area contributed by atoms with Crippen molar-refractivity contribution in [3.8, 4) is 0 Å². The summed E-state index contributed by atoms with van der Waals surface area (Å²) in [5.41, 5.74) is 11.4. The third kappa shape index (κ3) is 2.84. The van der Waals surface area contributed by atoms with Gasteiger partial charge in [0.05, 0.1) is 11.0 Å². The summed E-state index contributed by atoms with van der Waals surface area (Å²) < 4.78 is 2.35. The van der Waals surface area contributed by atoms with Gasteiger partial charge in [0, 0.05) is 18.7 Å². The van der Waals surface area contributed by atoms with E-state index in [-0.39, 0.29) is 0 Å². The summed E-state index contributed by atoms with van der Waals surface area (Å²) in [7, 11) is 0. The lowest BCUT2D eigenvalue weighted by molar-refractivity contribution is 0.690. The quantitative estimate of drug-likeness (QED) is 0.712. The van der Waals surface area contributed by atoms with Crippen molar-refractivity contribution in [3.63, 3.8) is 0 Å². The minimum absolute atomic E-state index is 0.807. The zero-order chi connectivity index (χ0) is 15.5. The highest BCUT2D eigenvalue weighted by molar-refractivity contribution is 5.79. The first-order valence-electron chi connectivity index (χ1n) is 7.98. The van der Waals surface area contributed by atoms with Crippen molar-refractivity contribution < 1.29 is 0 Å². The molecule has 114 valence electrons. The maximum atomic E-state index is 5.79. The molecule has 3 nitrogen and oxygen atoms in total. The standard InChI is InChI=1S/C19H23N3/c1-3-4-8-18-21-19-14(2)6-5-7-17(19)22(18)13-15-9-11-16(20)12-10-15/h5-7,9-12H,3-4,8,13,20H2,1-2H3. The summed E-state index contributed by atoms with van der Waals surface area (Å²) in [6.45, 7) is 5.20. The normalized spacial score (nSPS) is 11.2. The van der Waals surface area contributed by atoms with Crippen molar-refractivity contribution in [2.75, 3.05) is 5.73 Å². The Hall–Kier alpha value is -2.29. The fraction of sp³-hybridized carbons (Fsp3) is 0.316. The van der Waals surface area contributed by atoms with Crippen LogP contribution in [0.1, 0.15) is 36.7 Å². The molecule has 0 atom stereocenters. The Morgan fingerprint density at radius 1 is 1.09 bits per heavy atom. The van der Waals surface area contributed by atoms with Gasteiger partial charge in [-0.2, -0.15) is 0 Å². The number of fused-ring (bicyclic) bond motifs is 1. The lowest BCUT2D eigenvalue weighted by atomic mass is 10.2. The van der Waals surface area contributed by atoms with Crippen LogP contribution in [0, 0.1) is 6.92 Å². The van der Waals surface area contributed by atoms with E-state index in [0.717, 1.165) is 24.2 Å². The van der Waals surface area contributed by atoms with Crippen LogP contribution in [-0.2, 0) is 13.0 Å². The molecule has 3 aromatic rings. The molecule has 0 bridgehead atoms. The Balaban J connectivity index is 2.04. The lowest BCUT2D eigenvalue weighted by Gasteiger charge is -2.10. The van der Waals surface area contributed by atoms with E-state index in [1.807, 2.05) is 12.1 Å². The smallest absolute Gasteiger partial charge is 0.110 e. The Kier molecular flexibility index (Phi) is 4.14. The largest absolute Gasteiger partial charge is 0.399 e. The molecular weight excluding hydrogens is 270 g/mol. The van der Waals surface area contributed by atoms with E-state index < -0.39 is 0 Å². The van der Waals surface area contributed by atoms with Gasteiger partial charge in [-0.15, -0.1) is 0 Å². The Morgan fingerprint density at radius 3 is 2.59 bits per heavy atom. The lowest BCUT2D eigenvalue weighted by Crippen LogP contribution is -2.05. The number of rotatable bonds is 5. The van der Waals surface area contributed by atoms with Gasteiger partial charge in [0.15, 0.2) is 0 Å². The molecule has 0 saturated carbocycles. The second-order valence-corrected chi connectivity index (χ2v) is 5.90. The predicted octanol–water partition coefficient (Wildman–Crippen LogP) is 4.32. The predicted molar refractivity (Wildman–Crippen MR) is 93.0 cm³/mol. The maximum absolute atomic E-state index is 5.79. The number of hydrogen-bond donors (Lipinski definition) is 1. The monoisotopic (exact) mass is 293 g/mol. The molecule has 0 amide bonds. The van der Waals surface area contributed by atoms with E-state index >= 15 is 0 Å². The molecule has 22 heavy (non-hydrogen) atoms. The summed E-state index contributed by atoms with van der Waals surface area (Å²) in [4.78, 5) is 4.90. The minimum Gasteiger partial charge on any atom is -0.399 e. The Morgan fingerprint density at radius 2 is 1.86 bits per heavy atom. The molecule has 0 aliphatic heterocycles. The van der Waals surface area contributed by atoms with Crippen LogP contribution in [0.3, 0.4) is 0 Å². The van der Waals surface area contributed by atoms with Gasteiger partial charge >= 0.3 is 0 Å². The number of unbranched alkanes of at least 4 members (excludes halogenated alkanes) is 1. The van der Waals surface area contributed by atoms with Gasteiger partial charge < -0.3 is 10.3 Å². The fourth-order valence-electron chi connectivity index (χ4n) is 2.84. The summed E-state index contributed by atoms with van der Waals surface area (Å²) in [5.74, 6) is 1.18. The van der Waals surface area contributed by atoms with E-state index in [0.29, 0.717) is 0 Å². The minimum atomic E-state index is 0.807. The number of anilines is 1. The number of aryl methyl sites for hydroxylation is 2. The van der Waals surface area contributed by atoms with Gasteiger partial charge in [-0.05, 0) is 42.7 Å². The van der Waals surface area contributed by atoms with Gasteiger partial charge in [-0.3, -0.25) is 0 Å². The molecule has 0 spiro atoms. The van der Waals surface area contributed by atoms with E-state index in [1.165, 1.54) is 35.3 Å². The first kappa shape index (κ1) is 14.6. The van der Waals surface area contributed by atoms with Crippen LogP contribution in [0.15, 0.2) is 42.5 Å². The summed E-state index contributed by atoms with van der Waals surface area (Å²) >= 11 is 0. The van der Waals surface area contributed by atoms with Crippen molar-refractivity contribution in [2.24, 2.45) is 0 Å². The van der Waals surface area contributed by atoms with Gasteiger partial charge in [-0.25, -0.2) is 4.98 Å². The summed E-state index contributed by atoms with van der Waals surface area (Å²) in [5, 5.41) is 0. The molecule has 1 heterocycles. The second kappa shape index (κ2) is 6.22. The van der Waals surface area contributed by atoms with E-state index in [4.69, 9.17) is 10.7 Å². The van der Waals surface area contributed by atoms with Crippen molar-refractivity contribution in [1.82, 2.24) is 9.55 Å². The molecule has 0 unspecified atom stereocenters. The number of imidazole rings is 1. The van der Waals surface area contributed by atoms with Crippen molar-refractivity contribution in [1.29, 1.82) is 0 Å². The third-order valence-electron chi connectivity index (χ3n) is 4.13. The first-order chi connectivity index (χ1) is 10.7. The zero-order valence-corrected chi connectivity index (χ0v) is 13.3. The highest BCUT2D eigenvalue weighted by atomic mass is 15.1. The molecule has 0 radical (unpaired) electrons. The highest BCUT2D eigenvalue weighted by Gasteiger charge is 2.12. The number of benzene rings is 2. The van der Waals surface area contributed by atoms with Crippen LogP contribution in [0.25, 0.3) is 11.0 Å². The molecular formula is C19H23N3. The first-order valence-corrected chi connectivity index (χ1v) is 7.98. The molecule has 3 rings (SSSR count). The molecule has 1 aromatic heterocycles. The number of nitrogens with zero attached hydrogens (tertiary/aromatic N) is 2. The SMILES string of the molecule is CCCCc1nc2c(C)cccc2n1Cc1ccc(N)cc1. The van der Waals surface area contributed by atoms with Gasteiger partial charge in [0.2, 0.25) is 0 Å². The van der Waals surface area contributed by atoms with E-state index in [2.05, 4.69) is 48.7 Å². The maximum Gasteiger partial charge on any atom is 0.110 e.